The Morgan fingerprint density at radius 2 is 1.89 bits per heavy atom. The summed E-state index contributed by atoms with van der Waals surface area (Å²) in [6.07, 6.45) is 4.20. The van der Waals surface area contributed by atoms with Gasteiger partial charge in [0.2, 0.25) is 0 Å². The molecule has 0 atom stereocenters. The van der Waals surface area contributed by atoms with Crippen molar-refractivity contribution >= 4 is 5.69 Å². The maximum Gasteiger partial charge on any atom is 0.149 e. The summed E-state index contributed by atoms with van der Waals surface area (Å²) in [5.74, 6) is -0.912. The molecule has 0 unspecified atom stereocenters. The summed E-state index contributed by atoms with van der Waals surface area (Å²) in [6, 6.07) is 3.17. The van der Waals surface area contributed by atoms with E-state index in [1.807, 2.05) is 0 Å². The quantitative estimate of drug-likeness (QED) is 0.795. The van der Waals surface area contributed by atoms with Crippen molar-refractivity contribution in [1.82, 2.24) is 5.32 Å². The van der Waals surface area contributed by atoms with Crippen molar-refractivity contribution in [2.24, 2.45) is 0 Å². The molecule has 1 saturated carbocycles. The van der Waals surface area contributed by atoms with E-state index in [-0.39, 0.29) is 11.7 Å². The van der Waals surface area contributed by atoms with Crippen LogP contribution < -0.4 is 10.2 Å². The highest BCUT2D eigenvalue weighted by Crippen LogP contribution is 2.32. The molecule has 0 heterocycles. The summed E-state index contributed by atoms with van der Waals surface area (Å²) < 4.78 is 28.2. The maximum atomic E-state index is 14.1. The number of halogens is 2. The molecule has 0 saturated heterocycles. The number of hydrogen-bond acceptors (Lipinski definition) is 2. The Labute approximate surface area is 113 Å². The zero-order valence-electron chi connectivity index (χ0n) is 11.7. The maximum absolute atomic E-state index is 14.1. The highest BCUT2D eigenvalue weighted by molar-refractivity contribution is 5.51. The smallest absolute Gasteiger partial charge is 0.149 e. The fourth-order valence-corrected chi connectivity index (χ4v) is 2.42. The Morgan fingerprint density at radius 3 is 2.37 bits per heavy atom. The van der Waals surface area contributed by atoms with Crippen LogP contribution in [0.3, 0.4) is 0 Å². The van der Waals surface area contributed by atoms with Gasteiger partial charge in [0.05, 0.1) is 0 Å². The molecule has 0 aliphatic heterocycles. The molecular formula is C15H22F2N2. The molecule has 1 aliphatic carbocycles. The molecular weight excluding hydrogens is 246 g/mol. The molecule has 1 N–H and O–H groups in total. The van der Waals surface area contributed by atoms with Gasteiger partial charge in [0.25, 0.3) is 0 Å². The van der Waals surface area contributed by atoms with Crippen LogP contribution in [0, 0.1) is 11.6 Å². The van der Waals surface area contributed by atoms with Crippen molar-refractivity contribution in [1.29, 1.82) is 0 Å². The van der Waals surface area contributed by atoms with Crippen LogP contribution in [-0.2, 0) is 6.54 Å². The average Bonchev–Trinajstić information content (AvgIpc) is 2.26. The largest absolute Gasteiger partial charge is 0.367 e. The van der Waals surface area contributed by atoms with E-state index in [4.69, 9.17) is 0 Å². The third kappa shape index (κ3) is 3.24. The first-order valence-corrected chi connectivity index (χ1v) is 7.05. The number of hydrogen-bond donors (Lipinski definition) is 1. The Hall–Kier alpha value is -1.16. The molecule has 4 heteroatoms. The first kappa shape index (κ1) is 14.3. The van der Waals surface area contributed by atoms with Gasteiger partial charge in [-0.3, -0.25) is 0 Å². The first-order valence-electron chi connectivity index (χ1n) is 7.05. The summed E-state index contributed by atoms with van der Waals surface area (Å²) in [7, 11) is 1.78. The molecule has 0 aromatic heterocycles. The summed E-state index contributed by atoms with van der Waals surface area (Å²) >= 11 is 0. The van der Waals surface area contributed by atoms with Gasteiger partial charge in [0.15, 0.2) is 0 Å². The Balaban J connectivity index is 2.12. The van der Waals surface area contributed by atoms with Gasteiger partial charge in [-0.1, -0.05) is 6.92 Å². The van der Waals surface area contributed by atoms with Gasteiger partial charge >= 0.3 is 0 Å². The van der Waals surface area contributed by atoms with E-state index in [1.165, 1.54) is 12.1 Å². The number of nitrogens with zero attached hydrogens (tertiary/aromatic N) is 1. The lowest BCUT2D eigenvalue weighted by Crippen LogP contribution is -2.38. The van der Waals surface area contributed by atoms with Gasteiger partial charge < -0.3 is 10.2 Å². The predicted molar refractivity (Wildman–Crippen MR) is 74.4 cm³/mol. The van der Waals surface area contributed by atoms with E-state index < -0.39 is 11.6 Å². The molecule has 0 spiro atoms. The molecule has 1 aromatic rings. The van der Waals surface area contributed by atoms with Gasteiger partial charge in [0, 0.05) is 19.6 Å². The van der Waals surface area contributed by atoms with E-state index in [2.05, 4.69) is 12.2 Å². The second-order valence-corrected chi connectivity index (χ2v) is 5.28. The molecule has 106 valence electrons. The van der Waals surface area contributed by atoms with E-state index in [0.717, 1.165) is 32.2 Å². The molecule has 1 aliphatic rings. The molecule has 2 nitrogen and oxygen atoms in total. The van der Waals surface area contributed by atoms with Crippen LogP contribution in [0.5, 0.6) is 0 Å². The van der Waals surface area contributed by atoms with Gasteiger partial charge in [-0.05, 0) is 49.9 Å². The van der Waals surface area contributed by atoms with Gasteiger partial charge in [0.1, 0.15) is 17.3 Å². The molecule has 0 bridgehead atoms. The molecule has 1 aromatic carbocycles. The summed E-state index contributed by atoms with van der Waals surface area (Å²) in [5.41, 5.74) is 0.776. The molecule has 2 rings (SSSR count). The minimum Gasteiger partial charge on any atom is -0.367 e. The zero-order valence-corrected chi connectivity index (χ0v) is 11.7. The minimum absolute atomic E-state index is 0.115. The van der Waals surface area contributed by atoms with Gasteiger partial charge in [-0.15, -0.1) is 0 Å². The van der Waals surface area contributed by atoms with E-state index in [1.54, 1.807) is 11.9 Å². The molecule has 0 radical (unpaired) electrons. The van der Waals surface area contributed by atoms with Crippen molar-refractivity contribution in [3.8, 4) is 0 Å². The SMILES string of the molecule is CCCNCc1cc(F)c(N(C)C2CCC2)c(F)c1. The third-order valence-electron chi connectivity index (χ3n) is 3.81. The van der Waals surface area contributed by atoms with E-state index in [0.29, 0.717) is 12.1 Å². The van der Waals surface area contributed by atoms with Crippen LogP contribution in [0.4, 0.5) is 14.5 Å². The zero-order chi connectivity index (χ0) is 13.8. The average molecular weight is 268 g/mol. The van der Waals surface area contributed by atoms with Crippen LogP contribution in [0.1, 0.15) is 38.2 Å². The standard InChI is InChI=1S/C15H22F2N2/c1-3-7-18-10-11-8-13(16)15(14(17)9-11)19(2)12-5-4-6-12/h8-9,12,18H,3-7,10H2,1-2H3. The number of anilines is 1. The van der Waals surface area contributed by atoms with Crippen LogP contribution in [0.2, 0.25) is 0 Å². The summed E-state index contributed by atoms with van der Waals surface area (Å²) in [6.45, 7) is 3.42. The van der Waals surface area contributed by atoms with Crippen LogP contribution in [-0.4, -0.2) is 19.6 Å². The van der Waals surface area contributed by atoms with Crippen molar-refractivity contribution in [3.63, 3.8) is 0 Å². The summed E-state index contributed by atoms with van der Waals surface area (Å²) in [5, 5.41) is 3.15. The Bertz CT molecular complexity index is 407. The molecule has 19 heavy (non-hydrogen) atoms. The fourth-order valence-electron chi connectivity index (χ4n) is 2.42. The number of rotatable bonds is 6. The van der Waals surface area contributed by atoms with Crippen molar-refractivity contribution in [3.05, 3.63) is 29.3 Å². The number of nitrogens with one attached hydrogen (secondary N) is 1. The highest BCUT2D eigenvalue weighted by Gasteiger charge is 2.26. The van der Waals surface area contributed by atoms with Gasteiger partial charge in [-0.2, -0.15) is 0 Å². The van der Waals surface area contributed by atoms with Crippen LogP contribution in [0.25, 0.3) is 0 Å². The Morgan fingerprint density at radius 1 is 1.26 bits per heavy atom. The van der Waals surface area contributed by atoms with Crippen molar-refractivity contribution in [2.75, 3.05) is 18.5 Å². The van der Waals surface area contributed by atoms with E-state index in [9.17, 15) is 8.78 Å². The lowest BCUT2D eigenvalue weighted by atomic mass is 9.91. The topological polar surface area (TPSA) is 15.3 Å². The molecule has 1 fully saturated rings. The summed E-state index contributed by atoms with van der Waals surface area (Å²) in [4.78, 5) is 1.75. The molecule has 0 amide bonds. The van der Waals surface area contributed by atoms with Crippen LogP contribution in [0.15, 0.2) is 12.1 Å². The van der Waals surface area contributed by atoms with Crippen molar-refractivity contribution < 1.29 is 8.78 Å². The van der Waals surface area contributed by atoms with E-state index >= 15 is 0 Å². The first-order chi connectivity index (χ1) is 9.13. The second kappa shape index (κ2) is 6.33. The fraction of sp³-hybridized carbons (Fsp3) is 0.600. The third-order valence-corrected chi connectivity index (χ3v) is 3.81. The lowest BCUT2D eigenvalue weighted by molar-refractivity contribution is 0.393. The minimum atomic E-state index is -0.456. The predicted octanol–water partition coefficient (Wildman–Crippen LogP) is 3.45. The second-order valence-electron chi connectivity index (χ2n) is 5.28. The normalized spacial score (nSPS) is 15.4. The lowest BCUT2D eigenvalue weighted by Gasteiger charge is -2.36. The van der Waals surface area contributed by atoms with Crippen molar-refractivity contribution in [2.45, 2.75) is 45.2 Å². The number of benzene rings is 1. The van der Waals surface area contributed by atoms with Crippen LogP contribution >= 0.6 is 0 Å². The monoisotopic (exact) mass is 268 g/mol. The Kier molecular flexibility index (Phi) is 4.75. The highest BCUT2D eigenvalue weighted by atomic mass is 19.1. The van der Waals surface area contributed by atoms with Gasteiger partial charge in [-0.25, -0.2) is 8.78 Å².